The minimum atomic E-state index is -3.79. The first kappa shape index (κ1) is 37.3. The molecule has 3 aliphatic rings. The van der Waals surface area contributed by atoms with Crippen LogP contribution in [0.2, 0.25) is 0 Å². The predicted octanol–water partition coefficient (Wildman–Crippen LogP) is 3.37. The Hall–Kier alpha value is -2.50. The fourth-order valence-electron chi connectivity index (χ4n) is 7.63. The van der Waals surface area contributed by atoms with Crippen LogP contribution in [0.1, 0.15) is 98.0 Å². The summed E-state index contributed by atoms with van der Waals surface area (Å²) in [5.74, 6) is -0.368. The van der Waals surface area contributed by atoms with Gasteiger partial charge in [-0.15, -0.1) is 0 Å². The minimum absolute atomic E-state index is 0.0537. The molecule has 4 rings (SSSR count). The summed E-state index contributed by atoms with van der Waals surface area (Å²) in [5.41, 5.74) is 0.484. The molecule has 3 amide bonds. The fourth-order valence-corrected chi connectivity index (χ4v) is 8.22. The van der Waals surface area contributed by atoms with E-state index in [4.69, 9.17) is 0 Å². The summed E-state index contributed by atoms with van der Waals surface area (Å²) in [4.78, 5) is 43.1. The van der Waals surface area contributed by atoms with Crippen molar-refractivity contribution >= 4 is 27.6 Å². The van der Waals surface area contributed by atoms with E-state index in [2.05, 4.69) is 20.9 Å². The number of nitrogens with zero attached hydrogens (tertiary/aromatic N) is 1. The van der Waals surface area contributed by atoms with E-state index < -0.39 is 50.3 Å². The molecular formula is C36H58N4O6S. The van der Waals surface area contributed by atoms with Crippen LogP contribution < -0.4 is 16.0 Å². The topological polar surface area (TPSA) is 145 Å². The van der Waals surface area contributed by atoms with Crippen LogP contribution in [-0.2, 0) is 30.6 Å². The number of fused-ring (bicyclic) bond motifs is 1. The van der Waals surface area contributed by atoms with Crippen molar-refractivity contribution < 1.29 is 27.9 Å². The number of rotatable bonds is 12. The van der Waals surface area contributed by atoms with Gasteiger partial charge in [-0.1, -0.05) is 62.4 Å². The SMILES string of the molecule is CC(C)(C)NC(=O)C1CC2CCCCC2CN1CC(O)C(Cc1ccccc1)NC(=O)C(NC(=O)C1CCCC1)C(C)(C)S(C)(=O)=O. The second-order valence-corrected chi connectivity index (χ2v) is 18.5. The van der Waals surface area contributed by atoms with Gasteiger partial charge in [-0.3, -0.25) is 19.3 Å². The van der Waals surface area contributed by atoms with E-state index in [-0.39, 0.29) is 30.7 Å². The first-order valence-corrected chi connectivity index (χ1v) is 19.4. The van der Waals surface area contributed by atoms with Gasteiger partial charge in [0.25, 0.3) is 0 Å². The normalized spacial score (nSPS) is 24.9. The summed E-state index contributed by atoms with van der Waals surface area (Å²) in [5, 5.41) is 20.8. The number of sulfone groups is 1. The molecule has 0 radical (unpaired) electrons. The van der Waals surface area contributed by atoms with Crippen LogP contribution >= 0.6 is 0 Å². The van der Waals surface area contributed by atoms with Gasteiger partial charge in [-0.2, -0.15) is 0 Å². The van der Waals surface area contributed by atoms with E-state index in [9.17, 15) is 27.9 Å². The Morgan fingerprint density at radius 2 is 1.49 bits per heavy atom. The molecule has 6 atom stereocenters. The Kier molecular flexibility index (Phi) is 12.2. The van der Waals surface area contributed by atoms with Crippen LogP contribution in [0.4, 0.5) is 0 Å². The number of aliphatic hydroxyl groups excluding tert-OH is 1. The number of nitrogens with one attached hydrogen (secondary N) is 3. The molecule has 0 aromatic heterocycles. The van der Waals surface area contributed by atoms with Crippen molar-refractivity contribution in [1.82, 2.24) is 20.9 Å². The van der Waals surface area contributed by atoms with E-state index in [1.165, 1.54) is 20.3 Å². The summed E-state index contributed by atoms with van der Waals surface area (Å²) in [6.07, 6.45) is 8.80. The Balaban J connectivity index is 1.60. The maximum absolute atomic E-state index is 14.1. The third-order valence-electron chi connectivity index (χ3n) is 10.7. The highest BCUT2D eigenvalue weighted by atomic mass is 32.2. The molecule has 47 heavy (non-hydrogen) atoms. The standard InChI is InChI=1S/C36H58N4O6S/c1-35(2,3)39-33(43)29-21-26-18-12-13-19-27(26)22-40(29)23-30(41)28(20-24-14-8-7-9-15-24)37-34(44)31(36(4,5)47(6,45)46)38-32(42)25-16-10-11-17-25/h7-9,14-15,25-31,41H,10-13,16-23H2,1-6H3,(H,37,44)(H,38,42)(H,39,43). The lowest BCUT2D eigenvalue weighted by Crippen LogP contribution is -2.64. The van der Waals surface area contributed by atoms with Gasteiger partial charge < -0.3 is 21.1 Å². The van der Waals surface area contributed by atoms with E-state index in [0.29, 0.717) is 31.2 Å². The van der Waals surface area contributed by atoms with Crippen LogP contribution in [0, 0.1) is 17.8 Å². The number of piperidine rings is 1. The summed E-state index contributed by atoms with van der Waals surface area (Å²) < 4.78 is 24.3. The number of hydrogen-bond donors (Lipinski definition) is 4. The van der Waals surface area contributed by atoms with E-state index >= 15 is 0 Å². The zero-order valence-electron chi connectivity index (χ0n) is 29.3. The minimum Gasteiger partial charge on any atom is -0.390 e. The van der Waals surface area contributed by atoms with Gasteiger partial charge in [0.15, 0.2) is 9.84 Å². The van der Waals surface area contributed by atoms with Crippen molar-refractivity contribution in [3.63, 3.8) is 0 Å². The van der Waals surface area contributed by atoms with Crippen molar-refractivity contribution in [2.75, 3.05) is 19.3 Å². The molecule has 1 heterocycles. The molecule has 4 N–H and O–H groups in total. The fraction of sp³-hybridized carbons (Fsp3) is 0.750. The number of amides is 3. The third kappa shape index (κ3) is 9.79. The predicted molar refractivity (Wildman–Crippen MR) is 184 cm³/mol. The summed E-state index contributed by atoms with van der Waals surface area (Å²) >= 11 is 0. The van der Waals surface area contributed by atoms with Crippen molar-refractivity contribution in [3.05, 3.63) is 35.9 Å². The van der Waals surface area contributed by atoms with Gasteiger partial charge in [-0.05, 0) is 84.1 Å². The number of benzene rings is 1. The number of carbonyl (C=O) groups is 3. The van der Waals surface area contributed by atoms with Crippen LogP contribution in [0.5, 0.6) is 0 Å². The largest absolute Gasteiger partial charge is 0.390 e. The average molecular weight is 675 g/mol. The maximum atomic E-state index is 14.1. The molecule has 0 spiro atoms. The molecule has 10 nitrogen and oxygen atoms in total. The Morgan fingerprint density at radius 1 is 0.894 bits per heavy atom. The molecule has 3 fully saturated rings. The first-order chi connectivity index (χ1) is 22.0. The Labute approximate surface area is 282 Å². The lowest BCUT2D eigenvalue weighted by Gasteiger charge is -2.47. The lowest BCUT2D eigenvalue weighted by molar-refractivity contribution is -0.134. The van der Waals surface area contributed by atoms with Gasteiger partial charge >= 0.3 is 0 Å². The Bertz CT molecular complexity index is 1340. The van der Waals surface area contributed by atoms with Gasteiger partial charge in [0.2, 0.25) is 17.7 Å². The molecule has 1 aromatic carbocycles. The number of β-amino-alcohol motifs (C(OH)–C–C–N with tert-alkyl or cyclic N) is 1. The number of carbonyl (C=O) groups excluding carboxylic acids is 3. The second-order valence-electron chi connectivity index (χ2n) is 15.9. The highest BCUT2D eigenvalue weighted by Crippen LogP contribution is 2.39. The molecule has 1 aromatic rings. The van der Waals surface area contributed by atoms with Crippen molar-refractivity contribution in [2.45, 2.75) is 133 Å². The smallest absolute Gasteiger partial charge is 0.244 e. The monoisotopic (exact) mass is 674 g/mol. The number of aliphatic hydroxyl groups is 1. The third-order valence-corrected chi connectivity index (χ3v) is 12.9. The van der Waals surface area contributed by atoms with Crippen molar-refractivity contribution in [3.8, 4) is 0 Å². The zero-order chi connectivity index (χ0) is 34.6. The second kappa shape index (κ2) is 15.4. The molecule has 1 saturated heterocycles. The zero-order valence-corrected chi connectivity index (χ0v) is 30.1. The summed E-state index contributed by atoms with van der Waals surface area (Å²) in [6, 6.07) is 6.93. The lowest BCUT2D eigenvalue weighted by atomic mass is 9.72. The van der Waals surface area contributed by atoms with Gasteiger partial charge in [0.05, 0.1) is 22.9 Å². The molecule has 1 aliphatic heterocycles. The number of likely N-dealkylation sites (tertiary alicyclic amines) is 1. The highest BCUT2D eigenvalue weighted by molar-refractivity contribution is 7.92. The average Bonchev–Trinajstić information content (AvgIpc) is 3.53. The van der Waals surface area contributed by atoms with Gasteiger partial charge in [0.1, 0.15) is 6.04 Å². The highest BCUT2D eigenvalue weighted by Gasteiger charge is 2.47. The van der Waals surface area contributed by atoms with Crippen molar-refractivity contribution in [2.24, 2.45) is 17.8 Å². The molecular weight excluding hydrogens is 616 g/mol. The van der Waals surface area contributed by atoms with Crippen LogP contribution in [0.25, 0.3) is 0 Å². The van der Waals surface area contributed by atoms with Crippen LogP contribution in [0.15, 0.2) is 30.3 Å². The number of hydrogen-bond acceptors (Lipinski definition) is 7. The quantitative estimate of drug-likeness (QED) is 0.266. The summed E-state index contributed by atoms with van der Waals surface area (Å²) in [6.45, 7) is 9.65. The van der Waals surface area contributed by atoms with Crippen molar-refractivity contribution in [1.29, 1.82) is 0 Å². The summed E-state index contributed by atoms with van der Waals surface area (Å²) in [7, 11) is -3.79. The molecule has 0 bridgehead atoms. The first-order valence-electron chi connectivity index (χ1n) is 17.5. The Morgan fingerprint density at radius 3 is 2.09 bits per heavy atom. The van der Waals surface area contributed by atoms with Crippen LogP contribution in [0.3, 0.4) is 0 Å². The van der Waals surface area contributed by atoms with Gasteiger partial charge in [-0.25, -0.2) is 8.42 Å². The van der Waals surface area contributed by atoms with E-state index in [1.807, 2.05) is 51.1 Å². The molecule has 11 heteroatoms. The molecule has 2 aliphatic carbocycles. The maximum Gasteiger partial charge on any atom is 0.244 e. The molecule has 2 saturated carbocycles. The van der Waals surface area contributed by atoms with E-state index in [1.54, 1.807) is 0 Å². The van der Waals surface area contributed by atoms with Gasteiger partial charge in [0, 0.05) is 30.8 Å². The van der Waals surface area contributed by atoms with Crippen LogP contribution in [-0.4, -0.2) is 90.0 Å². The van der Waals surface area contributed by atoms with E-state index in [0.717, 1.165) is 50.3 Å². The molecule has 264 valence electrons. The molecule has 6 unspecified atom stereocenters.